The Hall–Kier alpha value is -3.62. The van der Waals surface area contributed by atoms with Gasteiger partial charge >= 0.3 is 0 Å². The van der Waals surface area contributed by atoms with Crippen LogP contribution in [0, 0.1) is 5.41 Å². The molecule has 0 aliphatic carbocycles. The number of carbonyl (C=O) groups excluding carboxylic acids is 3. The Labute approximate surface area is 150 Å². The van der Waals surface area contributed by atoms with Crippen LogP contribution >= 0.6 is 0 Å². The van der Waals surface area contributed by atoms with E-state index in [1.165, 1.54) is 0 Å². The van der Waals surface area contributed by atoms with E-state index in [9.17, 15) is 14.4 Å². The second-order valence-electron chi connectivity index (χ2n) is 5.55. The van der Waals surface area contributed by atoms with Crippen molar-refractivity contribution in [2.45, 2.75) is 6.42 Å². The standard InChI is InChI=1S/C17H20N6O3/c1-23-9-13(8-14(23)17(26)20-7-6-15(18)19)22-16(25)11-2-4-12(5-3-11)21-10-24/h2-5,8-10H,6-7H2,1H3,(H3,18,19)(H,20,26)(H,21,24)(H,22,25). The number of nitrogens with one attached hydrogen (secondary N) is 4. The first-order valence-corrected chi connectivity index (χ1v) is 7.79. The number of amides is 3. The molecule has 0 unspecified atom stereocenters. The van der Waals surface area contributed by atoms with E-state index < -0.39 is 0 Å². The van der Waals surface area contributed by atoms with E-state index in [4.69, 9.17) is 11.1 Å². The summed E-state index contributed by atoms with van der Waals surface area (Å²) in [7, 11) is 1.69. The fourth-order valence-corrected chi connectivity index (χ4v) is 2.25. The fraction of sp³-hybridized carbons (Fsp3) is 0.176. The zero-order valence-corrected chi connectivity index (χ0v) is 14.2. The Morgan fingerprint density at radius 3 is 2.50 bits per heavy atom. The molecule has 0 atom stereocenters. The van der Waals surface area contributed by atoms with Crippen molar-refractivity contribution in [3.8, 4) is 0 Å². The lowest BCUT2D eigenvalue weighted by molar-refractivity contribution is -0.105. The number of nitrogens with two attached hydrogens (primary N) is 1. The molecule has 2 aromatic rings. The van der Waals surface area contributed by atoms with E-state index in [-0.39, 0.29) is 30.6 Å². The number of carbonyl (C=O) groups is 3. The fourth-order valence-electron chi connectivity index (χ4n) is 2.25. The highest BCUT2D eigenvalue weighted by atomic mass is 16.2. The predicted molar refractivity (Wildman–Crippen MR) is 98.4 cm³/mol. The van der Waals surface area contributed by atoms with Gasteiger partial charge in [-0.25, -0.2) is 0 Å². The number of benzene rings is 1. The Kier molecular flexibility index (Phi) is 6.10. The van der Waals surface area contributed by atoms with Crippen molar-refractivity contribution in [2.75, 3.05) is 17.2 Å². The first-order chi connectivity index (χ1) is 12.4. The Morgan fingerprint density at radius 2 is 1.88 bits per heavy atom. The second kappa shape index (κ2) is 8.47. The summed E-state index contributed by atoms with van der Waals surface area (Å²) in [5.41, 5.74) is 7.09. The largest absolute Gasteiger partial charge is 0.388 e. The first kappa shape index (κ1) is 18.7. The van der Waals surface area contributed by atoms with Crippen molar-refractivity contribution in [1.29, 1.82) is 5.41 Å². The highest BCUT2D eigenvalue weighted by Gasteiger charge is 2.14. The minimum atomic E-state index is -0.336. The Bertz CT molecular complexity index is 826. The summed E-state index contributed by atoms with van der Waals surface area (Å²) in [6.45, 7) is 0.266. The predicted octanol–water partition coefficient (Wildman–Crippen LogP) is 0.902. The minimum absolute atomic E-state index is 0.000468. The number of nitrogens with zero attached hydrogens (tertiary/aromatic N) is 1. The summed E-state index contributed by atoms with van der Waals surface area (Å²) in [6.07, 6.45) is 2.46. The van der Waals surface area contributed by atoms with Gasteiger partial charge in [0.2, 0.25) is 6.41 Å². The van der Waals surface area contributed by atoms with Crippen molar-refractivity contribution in [1.82, 2.24) is 9.88 Å². The van der Waals surface area contributed by atoms with Crippen LogP contribution < -0.4 is 21.7 Å². The normalized spacial score (nSPS) is 10.0. The van der Waals surface area contributed by atoms with Gasteiger partial charge in [-0.2, -0.15) is 0 Å². The molecule has 1 heterocycles. The zero-order chi connectivity index (χ0) is 19.1. The van der Waals surface area contributed by atoms with Gasteiger partial charge in [-0.3, -0.25) is 19.8 Å². The monoisotopic (exact) mass is 356 g/mol. The lowest BCUT2D eigenvalue weighted by Crippen LogP contribution is -2.28. The molecule has 0 saturated heterocycles. The van der Waals surface area contributed by atoms with Crippen molar-refractivity contribution >= 4 is 35.4 Å². The van der Waals surface area contributed by atoms with Crippen LogP contribution in [0.15, 0.2) is 36.5 Å². The maximum absolute atomic E-state index is 12.3. The van der Waals surface area contributed by atoms with E-state index in [0.717, 1.165) is 0 Å². The number of aromatic nitrogens is 1. The average Bonchev–Trinajstić information content (AvgIpc) is 2.95. The minimum Gasteiger partial charge on any atom is -0.388 e. The van der Waals surface area contributed by atoms with E-state index in [2.05, 4.69) is 16.0 Å². The molecule has 0 spiro atoms. The highest BCUT2D eigenvalue weighted by molar-refractivity contribution is 6.05. The van der Waals surface area contributed by atoms with Crippen LogP contribution in [-0.4, -0.2) is 35.2 Å². The van der Waals surface area contributed by atoms with Gasteiger partial charge in [0.05, 0.1) is 11.5 Å². The SMILES string of the molecule is Cn1cc(NC(=O)c2ccc(NC=O)cc2)cc1C(=O)NCCC(=N)N. The number of anilines is 2. The van der Waals surface area contributed by atoms with Gasteiger partial charge in [-0.05, 0) is 30.3 Å². The van der Waals surface area contributed by atoms with Crippen molar-refractivity contribution in [3.63, 3.8) is 0 Å². The summed E-state index contributed by atoms with van der Waals surface area (Å²) in [6, 6.07) is 7.95. The van der Waals surface area contributed by atoms with Gasteiger partial charge in [0, 0.05) is 37.5 Å². The van der Waals surface area contributed by atoms with E-state index >= 15 is 0 Å². The molecule has 0 radical (unpaired) electrons. The first-order valence-electron chi connectivity index (χ1n) is 7.79. The van der Waals surface area contributed by atoms with Crippen LogP contribution in [0.1, 0.15) is 27.3 Å². The molecule has 0 saturated carbocycles. The van der Waals surface area contributed by atoms with Crippen LogP contribution in [-0.2, 0) is 11.8 Å². The summed E-state index contributed by atoms with van der Waals surface area (Å²) in [5, 5.41) is 15.0. The van der Waals surface area contributed by atoms with Crippen LogP contribution in [0.3, 0.4) is 0 Å². The molecule has 0 aliphatic heterocycles. The quantitative estimate of drug-likeness (QED) is 0.272. The third-order valence-corrected chi connectivity index (χ3v) is 3.55. The van der Waals surface area contributed by atoms with Gasteiger partial charge in [0.25, 0.3) is 11.8 Å². The number of amidine groups is 1. The molecule has 1 aromatic carbocycles. The second-order valence-corrected chi connectivity index (χ2v) is 5.55. The van der Waals surface area contributed by atoms with E-state index in [0.29, 0.717) is 29.0 Å². The Balaban J connectivity index is 2.01. The van der Waals surface area contributed by atoms with Crippen LogP contribution in [0.4, 0.5) is 11.4 Å². The molecule has 0 fully saturated rings. The molecular formula is C17H20N6O3. The van der Waals surface area contributed by atoms with Gasteiger partial charge < -0.3 is 26.3 Å². The molecule has 9 nitrogen and oxygen atoms in total. The summed E-state index contributed by atoms with van der Waals surface area (Å²) in [5.74, 6) is -0.658. The average molecular weight is 356 g/mol. The van der Waals surface area contributed by atoms with Crippen molar-refractivity contribution in [3.05, 3.63) is 47.8 Å². The van der Waals surface area contributed by atoms with Gasteiger partial charge in [-0.1, -0.05) is 0 Å². The summed E-state index contributed by atoms with van der Waals surface area (Å²) >= 11 is 0. The summed E-state index contributed by atoms with van der Waals surface area (Å²) < 4.78 is 1.59. The van der Waals surface area contributed by atoms with E-state index in [1.807, 2.05) is 0 Å². The molecule has 2 rings (SSSR count). The van der Waals surface area contributed by atoms with Crippen molar-refractivity contribution in [2.24, 2.45) is 12.8 Å². The van der Waals surface area contributed by atoms with E-state index in [1.54, 1.807) is 48.1 Å². The number of hydrogen-bond donors (Lipinski definition) is 5. The zero-order valence-electron chi connectivity index (χ0n) is 14.2. The molecule has 1 aromatic heterocycles. The van der Waals surface area contributed by atoms with Crippen LogP contribution in [0.2, 0.25) is 0 Å². The molecule has 26 heavy (non-hydrogen) atoms. The molecule has 0 bridgehead atoms. The van der Waals surface area contributed by atoms with Gasteiger partial charge in [-0.15, -0.1) is 0 Å². The van der Waals surface area contributed by atoms with Gasteiger partial charge in [0.1, 0.15) is 5.69 Å². The number of aryl methyl sites for hydroxylation is 1. The molecule has 136 valence electrons. The van der Waals surface area contributed by atoms with Crippen LogP contribution in [0.5, 0.6) is 0 Å². The molecule has 9 heteroatoms. The third-order valence-electron chi connectivity index (χ3n) is 3.55. The number of rotatable bonds is 8. The lowest BCUT2D eigenvalue weighted by Gasteiger charge is -2.04. The Morgan fingerprint density at radius 1 is 1.19 bits per heavy atom. The van der Waals surface area contributed by atoms with Crippen LogP contribution in [0.25, 0.3) is 0 Å². The molecule has 3 amide bonds. The molecule has 0 aliphatic rings. The third kappa shape index (κ3) is 4.94. The molecule has 6 N–H and O–H groups in total. The lowest BCUT2D eigenvalue weighted by atomic mass is 10.2. The van der Waals surface area contributed by atoms with Crippen molar-refractivity contribution < 1.29 is 14.4 Å². The smallest absolute Gasteiger partial charge is 0.267 e. The maximum atomic E-state index is 12.3. The summed E-state index contributed by atoms with van der Waals surface area (Å²) in [4.78, 5) is 34.8. The topological polar surface area (TPSA) is 142 Å². The highest BCUT2D eigenvalue weighted by Crippen LogP contribution is 2.15. The number of hydrogen-bond acceptors (Lipinski definition) is 4. The maximum Gasteiger partial charge on any atom is 0.267 e. The van der Waals surface area contributed by atoms with Gasteiger partial charge in [0.15, 0.2) is 0 Å². The molecular weight excluding hydrogens is 336 g/mol.